The summed E-state index contributed by atoms with van der Waals surface area (Å²) in [6.45, 7) is 12.9. The van der Waals surface area contributed by atoms with E-state index in [-0.39, 0.29) is 31.5 Å². The molecule has 0 fully saturated rings. The van der Waals surface area contributed by atoms with E-state index in [0.717, 1.165) is 16.7 Å². The molecular formula is C30H43N3O5. The molecule has 0 saturated heterocycles. The predicted molar refractivity (Wildman–Crippen MR) is 148 cm³/mol. The predicted octanol–water partition coefficient (Wildman–Crippen LogP) is 4.42. The summed E-state index contributed by atoms with van der Waals surface area (Å²) in [4.78, 5) is 41.6. The van der Waals surface area contributed by atoms with Crippen molar-refractivity contribution in [1.29, 1.82) is 0 Å². The summed E-state index contributed by atoms with van der Waals surface area (Å²) in [6.07, 6.45) is -0.373. The molecule has 0 aromatic heterocycles. The van der Waals surface area contributed by atoms with Gasteiger partial charge in [0.2, 0.25) is 11.8 Å². The van der Waals surface area contributed by atoms with Crippen molar-refractivity contribution in [1.82, 2.24) is 15.5 Å². The van der Waals surface area contributed by atoms with Gasteiger partial charge in [0.1, 0.15) is 17.7 Å². The number of benzene rings is 2. The summed E-state index contributed by atoms with van der Waals surface area (Å²) in [5.41, 5.74) is 2.84. The largest absolute Gasteiger partial charge is 0.444 e. The number of nitrogens with one attached hydrogen (secondary N) is 2. The number of aliphatic hydroxyl groups excluding tert-OH is 1. The van der Waals surface area contributed by atoms with Crippen LogP contribution in [0.4, 0.5) is 4.79 Å². The van der Waals surface area contributed by atoms with Gasteiger partial charge in [-0.25, -0.2) is 4.79 Å². The Morgan fingerprint density at radius 2 is 1.66 bits per heavy atom. The minimum absolute atomic E-state index is 0.0711. The van der Waals surface area contributed by atoms with E-state index in [2.05, 4.69) is 10.6 Å². The zero-order valence-corrected chi connectivity index (χ0v) is 23.7. The first-order valence-corrected chi connectivity index (χ1v) is 13.1. The van der Waals surface area contributed by atoms with Crippen LogP contribution in [0.15, 0.2) is 48.5 Å². The Balaban J connectivity index is 2.46. The lowest BCUT2D eigenvalue weighted by molar-refractivity contribution is -0.143. The lowest BCUT2D eigenvalue weighted by Crippen LogP contribution is -2.54. The third-order valence-electron chi connectivity index (χ3n) is 6.04. The monoisotopic (exact) mass is 525 g/mol. The second-order valence-electron chi connectivity index (χ2n) is 11.0. The maximum Gasteiger partial charge on any atom is 0.408 e. The average Bonchev–Trinajstić information content (AvgIpc) is 2.83. The maximum absolute atomic E-state index is 14.0. The van der Waals surface area contributed by atoms with Gasteiger partial charge in [-0.3, -0.25) is 9.59 Å². The number of hydrogen-bond acceptors (Lipinski definition) is 5. The number of carbonyl (C=O) groups excluding carboxylic acids is 3. The smallest absolute Gasteiger partial charge is 0.408 e. The Morgan fingerprint density at radius 1 is 1.00 bits per heavy atom. The van der Waals surface area contributed by atoms with Gasteiger partial charge in [0.05, 0.1) is 6.61 Å². The van der Waals surface area contributed by atoms with Crippen molar-refractivity contribution in [3.63, 3.8) is 0 Å². The van der Waals surface area contributed by atoms with Crippen molar-refractivity contribution in [2.75, 3.05) is 13.2 Å². The number of ether oxygens (including phenoxy) is 1. The van der Waals surface area contributed by atoms with Crippen LogP contribution in [0.5, 0.6) is 0 Å². The quantitative estimate of drug-likeness (QED) is 0.403. The molecule has 3 amide bonds. The fraction of sp³-hybridized carbons (Fsp3) is 0.500. The van der Waals surface area contributed by atoms with Crippen LogP contribution in [0.25, 0.3) is 0 Å². The highest BCUT2D eigenvalue weighted by atomic mass is 16.6. The van der Waals surface area contributed by atoms with E-state index in [1.165, 1.54) is 4.90 Å². The Morgan fingerprint density at radius 3 is 2.21 bits per heavy atom. The van der Waals surface area contributed by atoms with Crippen molar-refractivity contribution in [3.8, 4) is 0 Å². The molecule has 0 aliphatic heterocycles. The summed E-state index contributed by atoms with van der Waals surface area (Å²) in [5, 5.41) is 15.6. The number of rotatable bonds is 11. The lowest BCUT2D eigenvalue weighted by atomic mass is 9.97. The van der Waals surface area contributed by atoms with Gasteiger partial charge in [-0.2, -0.15) is 0 Å². The van der Waals surface area contributed by atoms with Crippen LogP contribution in [-0.4, -0.2) is 52.7 Å². The molecule has 3 N–H and O–H groups in total. The Hall–Kier alpha value is -3.39. The summed E-state index contributed by atoms with van der Waals surface area (Å²) in [6, 6.07) is 13.2. The highest BCUT2D eigenvalue weighted by Crippen LogP contribution is 2.26. The zero-order valence-electron chi connectivity index (χ0n) is 23.7. The van der Waals surface area contributed by atoms with Crippen molar-refractivity contribution >= 4 is 17.9 Å². The van der Waals surface area contributed by atoms with Crippen LogP contribution in [0, 0.1) is 19.8 Å². The molecule has 2 aromatic rings. The van der Waals surface area contributed by atoms with Crippen molar-refractivity contribution in [2.45, 2.75) is 79.1 Å². The number of hydrogen-bond donors (Lipinski definition) is 3. The number of amides is 3. The van der Waals surface area contributed by atoms with E-state index in [1.807, 2.05) is 76.2 Å². The third kappa shape index (κ3) is 9.49. The summed E-state index contributed by atoms with van der Waals surface area (Å²) in [7, 11) is 0. The van der Waals surface area contributed by atoms with Gasteiger partial charge in [0.15, 0.2) is 0 Å². The highest BCUT2D eigenvalue weighted by Gasteiger charge is 2.36. The molecule has 38 heavy (non-hydrogen) atoms. The van der Waals surface area contributed by atoms with Crippen LogP contribution in [0.3, 0.4) is 0 Å². The lowest BCUT2D eigenvalue weighted by Gasteiger charge is -2.34. The van der Waals surface area contributed by atoms with Gasteiger partial charge >= 0.3 is 6.09 Å². The number of aryl methyl sites for hydroxylation is 2. The van der Waals surface area contributed by atoms with Crippen molar-refractivity contribution in [2.24, 2.45) is 5.92 Å². The molecular weight excluding hydrogens is 482 g/mol. The molecule has 0 saturated carbocycles. The van der Waals surface area contributed by atoms with Crippen molar-refractivity contribution in [3.05, 3.63) is 70.8 Å². The topological polar surface area (TPSA) is 108 Å². The van der Waals surface area contributed by atoms with E-state index in [9.17, 15) is 19.5 Å². The number of carbonyl (C=O) groups is 3. The molecule has 0 aliphatic rings. The van der Waals surface area contributed by atoms with E-state index >= 15 is 0 Å². The van der Waals surface area contributed by atoms with Gasteiger partial charge in [0, 0.05) is 13.1 Å². The highest BCUT2D eigenvalue weighted by molar-refractivity contribution is 5.92. The van der Waals surface area contributed by atoms with Gasteiger partial charge in [-0.15, -0.1) is 0 Å². The standard InChI is InChI=1S/C30H43N3O5/c1-20(2)17-25(32-29(37)38-30(5,6)7)28(36)33(15-16-34)26(24-14-13-21(3)22(4)18-24)27(35)31-19-23-11-9-8-10-12-23/h8-14,18,20,25-26,34H,15-17,19H2,1-7H3,(H,31,35)(H,32,37). The Kier molecular flexibility index (Phi) is 11.3. The molecule has 2 atom stereocenters. The maximum atomic E-state index is 14.0. The molecule has 208 valence electrons. The molecule has 8 heteroatoms. The normalized spacial score (nSPS) is 13.0. The van der Waals surface area contributed by atoms with E-state index in [4.69, 9.17) is 4.74 Å². The first-order chi connectivity index (χ1) is 17.8. The van der Waals surface area contributed by atoms with E-state index in [0.29, 0.717) is 12.0 Å². The molecule has 2 aromatic carbocycles. The third-order valence-corrected chi connectivity index (χ3v) is 6.04. The first kappa shape index (κ1) is 30.8. The molecule has 0 spiro atoms. The summed E-state index contributed by atoms with van der Waals surface area (Å²) >= 11 is 0. The SMILES string of the molecule is Cc1ccc(C(C(=O)NCc2ccccc2)N(CCO)C(=O)C(CC(C)C)NC(=O)OC(C)(C)C)cc1C. The Bertz CT molecular complexity index is 1080. The summed E-state index contributed by atoms with van der Waals surface area (Å²) < 4.78 is 5.40. The number of aliphatic hydroxyl groups is 1. The Labute approximate surface area is 226 Å². The molecule has 0 heterocycles. The molecule has 0 bridgehead atoms. The van der Waals surface area contributed by atoms with Crippen LogP contribution in [0.2, 0.25) is 0 Å². The molecule has 2 unspecified atom stereocenters. The second kappa shape index (κ2) is 14.0. The van der Waals surface area contributed by atoms with Gasteiger partial charge in [0.25, 0.3) is 0 Å². The number of alkyl carbamates (subject to hydrolysis) is 1. The van der Waals surface area contributed by atoms with Crippen LogP contribution >= 0.6 is 0 Å². The van der Waals surface area contributed by atoms with Crippen molar-refractivity contribution < 1.29 is 24.2 Å². The van der Waals surface area contributed by atoms with Crippen LogP contribution in [-0.2, 0) is 20.9 Å². The van der Waals surface area contributed by atoms with Gasteiger partial charge in [-0.05, 0) is 69.2 Å². The van der Waals surface area contributed by atoms with Gasteiger partial charge < -0.3 is 25.4 Å². The van der Waals surface area contributed by atoms with E-state index < -0.39 is 29.7 Å². The average molecular weight is 526 g/mol. The van der Waals surface area contributed by atoms with Gasteiger partial charge in [-0.1, -0.05) is 62.4 Å². The fourth-order valence-corrected chi connectivity index (χ4v) is 4.11. The van der Waals surface area contributed by atoms with Crippen LogP contribution in [0.1, 0.15) is 69.3 Å². The van der Waals surface area contributed by atoms with E-state index in [1.54, 1.807) is 20.8 Å². The minimum atomic E-state index is -1.01. The molecule has 2 rings (SSSR count). The zero-order chi connectivity index (χ0) is 28.5. The summed E-state index contributed by atoms with van der Waals surface area (Å²) in [5.74, 6) is -0.766. The molecule has 0 radical (unpaired) electrons. The fourth-order valence-electron chi connectivity index (χ4n) is 4.11. The molecule has 0 aliphatic carbocycles. The van der Waals surface area contributed by atoms with Crippen LogP contribution < -0.4 is 10.6 Å². The molecule has 8 nitrogen and oxygen atoms in total. The second-order valence-corrected chi connectivity index (χ2v) is 11.0. The first-order valence-electron chi connectivity index (χ1n) is 13.1. The number of nitrogens with zero attached hydrogens (tertiary/aromatic N) is 1. The minimum Gasteiger partial charge on any atom is -0.444 e.